The lowest BCUT2D eigenvalue weighted by Crippen LogP contribution is -1.88. The van der Waals surface area contributed by atoms with Gasteiger partial charge in [-0.1, -0.05) is 43.3 Å². The fraction of sp³-hybridized carbons (Fsp3) is 0.286. The van der Waals surface area contributed by atoms with Crippen LogP contribution in [-0.2, 0) is 6.42 Å². The average molecular weight is 184 g/mol. The zero-order chi connectivity index (χ0) is 9.97. The quantitative estimate of drug-likeness (QED) is 0.652. The van der Waals surface area contributed by atoms with E-state index >= 15 is 0 Å². The first-order chi connectivity index (χ1) is 6.85. The molecule has 0 radical (unpaired) electrons. The Morgan fingerprint density at radius 1 is 1.36 bits per heavy atom. The zero-order valence-electron chi connectivity index (χ0n) is 8.88. The van der Waals surface area contributed by atoms with Crippen LogP contribution in [0.2, 0.25) is 0 Å². The monoisotopic (exact) mass is 184 g/mol. The van der Waals surface area contributed by atoms with Crippen molar-refractivity contribution in [2.45, 2.75) is 26.7 Å². The molecule has 0 saturated heterocycles. The van der Waals surface area contributed by atoms with Crippen molar-refractivity contribution in [3.63, 3.8) is 0 Å². The molecule has 72 valence electrons. The molecular formula is C14H16. The van der Waals surface area contributed by atoms with Gasteiger partial charge in [0.25, 0.3) is 0 Å². The summed E-state index contributed by atoms with van der Waals surface area (Å²) in [5.41, 5.74) is 5.85. The van der Waals surface area contributed by atoms with Gasteiger partial charge in [0.05, 0.1) is 0 Å². The molecule has 0 N–H and O–H groups in total. The molecule has 0 aromatic heterocycles. The molecule has 0 bridgehead atoms. The van der Waals surface area contributed by atoms with Crippen molar-refractivity contribution in [1.29, 1.82) is 0 Å². The third-order valence-corrected chi connectivity index (χ3v) is 2.91. The molecule has 1 aromatic carbocycles. The molecule has 0 amide bonds. The lowest BCUT2D eigenvalue weighted by Gasteiger charge is -2.04. The third kappa shape index (κ3) is 1.52. The van der Waals surface area contributed by atoms with Crippen LogP contribution in [0.3, 0.4) is 0 Å². The van der Waals surface area contributed by atoms with Gasteiger partial charge in [0.1, 0.15) is 0 Å². The molecule has 14 heavy (non-hydrogen) atoms. The minimum Gasteiger partial charge on any atom is -0.0842 e. The number of rotatable bonds is 2. The topological polar surface area (TPSA) is 0 Å². The van der Waals surface area contributed by atoms with Crippen molar-refractivity contribution in [3.8, 4) is 0 Å². The van der Waals surface area contributed by atoms with Crippen LogP contribution in [0.25, 0.3) is 6.08 Å². The second kappa shape index (κ2) is 3.83. The highest BCUT2D eigenvalue weighted by Crippen LogP contribution is 2.30. The third-order valence-electron chi connectivity index (χ3n) is 2.91. The Labute approximate surface area is 86.0 Å². The van der Waals surface area contributed by atoms with Crippen LogP contribution >= 0.6 is 0 Å². The van der Waals surface area contributed by atoms with E-state index in [9.17, 15) is 0 Å². The standard InChI is InChI=1S/C14H16/c1-3-11(4-2)14-9-12-7-5-6-8-13(12)10-14/h3,5-9H,4,10H2,1-2H3. The van der Waals surface area contributed by atoms with Gasteiger partial charge in [-0.05, 0) is 42.0 Å². The van der Waals surface area contributed by atoms with Crippen molar-refractivity contribution in [2.75, 3.05) is 0 Å². The molecule has 0 heterocycles. The summed E-state index contributed by atoms with van der Waals surface area (Å²) >= 11 is 0. The van der Waals surface area contributed by atoms with E-state index in [0.717, 1.165) is 12.8 Å². The Kier molecular flexibility index (Phi) is 2.53. The summed E-state index contributed by atoms with van der Waals surface area (Å²) in [6.45, 7) is 4.35. The fourth-order valence-electron chi connectivity index (χ4n) is 2.10. The van der Waals surface area contributed by atoms with E-state index in [1.807, 2.05) is 0 Å². The van der Waals surface area contributed by atoms with Crippen LogP contribution in [0.1, 0.15) is 31.4 Å². The second-order valence-corrected chi connectivity index (χ2v) is 3.71. The van der Waals surface area contributed by atoms with Crippen molar-refractivity contribution in [1.82, 2.24) is 0 Å². The molecule has 0 unspecified atom stereocenters. The highest BCUT2D eigenvalue weighted by atomic mass is 14.2. The normalized spacial score (nSPS) is 15.3. The van der Waals surface area contributed by atoms with Gasteiger partial charge >= 0.3 is 0 Å². The van der Waals surface area contributed by atoms with E-state index in [4.69, 9.17) is 0 Å². The van der Waals surface area contributed by atoms with E-state index in [1.165, 1.54) is 22.3 Å². The molecule has 0 atom stereocenters. The molecule has 0 fully saturated rings. The van der Waals surface area contributed by atoms with Gasteiger partial charge < -0.3 is 0 Å². The Morgan fingerprint density at radius 2 is 2.14 bits per heavy atom. The minimum absolute atomic E-state index is 1.11. The van der Waals surface area contributed by atoms with Crippen molar-refractivity contribution >= 4 is 6.08 Å². The van der Waals surface area contributed by atoms with E-state index in [-0.39, 0.29) is 0 Å². The van der Waals surface area contributed by atoms with Crippen LogP contribution in [0.4, 0.5) is 0 Å². The molecule has 0 saturated carbocycles. The van der Waals surface area contributed by atoms with Gasteiger partial charge in [-0.3, -0.25) is 0 Å². The highest BCUT2D eigenvalue weighted by molar-refractivity contribution is 5.68. The SMILES string of the molecule is CC=C(CC)C1=Cc2ccccc2C1. The van der Waals surface area contributed by atoms with Gasteiger partial charge in [-0.25, -0.2) is 0 Å². The Hall–Kier alpha value is -1.30. The van der Waals surface area contributed by atoms with Crippen molar-refractivity contribution in [2.24, 2.45) is 0 Å². The predicted octanol–water partition coefficient (Wildman–Crippen LogP) is 3.98. The van der Waals surface area contributed by atoms with E-state index in [0.29, 0.717) is 0 Å². The second-order valence-electron chi connectivity index (χ2n) is 3.71. The molecule has 0 heteroatoms. The number of fused-ring (bicyclic) bond motifs is 1. The average Bonchev–Trinajstić information content (AvgIpc) is 2.63. The maximum absolute atomic E-state index is 2.33. The smallest absolute Gasteiger partial charge is 0.00170 e. The Morgan fingerprint density at radius 3 is 2.79 bits per heavy atom. The van der Waals surface area contributed by atoms with E-state index in [1.54, 1.807) is 0 Å². The lowest BCUT2D eigenvalue weighted by atomic mass is 10.0. The maximum atomic E-state index is 2.33. The minimum atomic E-state index is 1.11. The summed E-state index contributed by atoms with van der Waals surface area (Å²) in [5, 5.41) is 0. The summed E-state index contributed by atoms with van der Waals surface area (Å²) in [6.07, 6.45) is 6.81. The molecule has 0 nitrogen and oxygen atoms in total. The molecule has 1 aliphatic carbocycles. The van der Waals surface area contributed by atoms with Gasteiger partial charge in [-0.2, -0.15) is 0 Å². The van der Waals surface area contributed by atoms with Crippen molar-refractivity contribution < 1.29 is 0 Å². The lowest BCUT2D eigenvalue weighted by molar-refractivity contribution is 1.06. The maximum Gasteiger partial charge on any atom is -0.00170 e. The molecule has 1 aliphatic rings. The molecule has 1 aromatic rings. The van der Waals surface area contributed by atoms with Gasteiger partial charge in [-0.15, -0.1) is 0 Å². The largest absolute Gasteiger partial charge is 0.0842 e. The summed E-state index contributed by atoms with van der Waals surface area (Å²) in [6, 6.07) is 8.66. The molecule has 2 rings (SSSR count). The van der Waals surface area contributed by atoms with Gasteiger partial charge in [0, 0.05) is 0 Å². The van der Waals surface area contributed by atoms with E-state index < -0.39 is 0 Å². The molecule has 0 spiro atoms. The first-order valence-corrected chi connectivity index (χ1v) is 5.29. The highest BCUT2D eigenvalue weighted by Gasteiger charge is 2.13. The number of benzene rings is 1. The molecular weight excluding hydrogens is 168 g/mol. The summed E-state index contributed by atoms with van der Waals surface area (Å²) in [7, 11) is 0. The fourth-order valence-corrected chi connectivity index (χ4v) is 2.10. The summed E-state index contributed by atoms with van der Waals surface area (Å²) in [4.78, 5) is 0. The molecule has 0 aliphatic heterocycles. The van der Waals surface area contributed by atoms with Crippen LogP contribution in [0.5, 0.6) is 0 Å². The number of hydrogen-bond donors (Lipinski definition) is 0. The van der Waals surface area contributed by atoms with Crippen LogP contribution in [0, 0.1) is 0 Å². The zero-order valence-corrected chi connectivity index (χ0v) is 8.88. The van der Waals surface area contributed by atoms with Gasteiger partial charge in [0.15, 0.2) is 0 Å². The van der Waals surface area contributed by atoms with Crippen LogP contribution in [-0.4, -0.2) is 0 Å². The van der Waals surface area contributed by atoms with Crippen LogP contribution < -0.4 is 0 Å². The number of allylic oxidation sites excluding steroid dienone is 3. The van der Waals surface area contributed by atoms with E-state index in [2.05, 4.69) is 50.3 Å². The van der Waals surface area contributed by atoms with Gasteiger partial charge in [0.2, 0.25) is 0 Å². The van der Waals surface area contributed by atoms with Crippen molar-refractivity contribution in [3.05, 3.63) is 52.6 Å². The number of hydrogen-bond acceptors (Lipinski definition) is 0. The summed E-state index contributed by atoms with van der Waals surface area (Å²) in [5.74, 6) is 0. The summed E-state index contributed by atoms with van der Waals surface area (Å²) < 4.78 is 0. The van der Waals surface area contributed by atoms with Crippen LogP contribution in [0.15, 0.2) is 41.5 Å². The predicted molar refractivity (Wildman–Crippen MR) is 62.2 cm³/mol. The Bertz CT molecular complexity index is 394. The first kappa shape index (κ1) is 9.26. The first-order valence-electron chi connectivity index (χ1n) is 5.29. The Balaban J connectivity index is 2.32.